The number of hydrogen-bond acceptors (Lipinski definition) is 3. The second kappa shape index (κ2) is 6.65. The minimum Gasteiger partial charge on any atom is -0.481 e. The molecule has 2 N–H and O–H groups in total. The van der Waals surface area contributed by atoms with E-state index in [-0.39, 0.29) is 18.9 Å². The van der Waals surface area contributed by atoms with Crippen LogP contribution < -0.4 is 5.32 Å². The number of nitrogens with one attached hydrogen (secondary N) is 1. The van der Waals surface area contributed by atoms with Crippen LogP contribution in [0.5, 0.6) is 0 Å². The van der Waals surface area contributed by atoms with Gasteiger partial charge in [-0.25, -0.2) is 0 Å². The zero-order valence-electron chi connectivity index (χ0n) is 11.7. The van der Waals surface area contributed by atoms with Gasteiger partial charge in [-0.3, -0.25) is 14.6 Å². The summed E-state index contributed by atoms with van der Waals surface area (Å²) in [5.41, 5.74) is 2.83. The number of nitrogens with zero attached hydrogens (tertiary/aromatic N) is 1. The van der Waals surface area contributed by atoms with Crippen molar-refractivity contribution in [1.29, 1.82) is 0 Å². The van der Waals surface area contributed by atoms with Gasteiger partial charge < -0.3 is 10.4 Å². The third kappa shape index (κ3) is 4.14. The van der Waals surface area contributed by atoms with Crippen molar-refractivity contribution in [3.05, 3.63) is 65.0 Å². The normalized spacial score (nSPS) is 10.1. The molecule has 0 fully saturated rings. The van der Waals surface area contributed by atoms with E-state index in [0.29, 0.717) is 11.1 Å². The number of pyridine rings is 1. The van der Waals surface area contributed by atoms with E-state index in [1.54, 1.807) is 24.3 Å². The molecule has 1 aromatic carbocycles. The molecule has 5 nitrogen and oxygen atoms in total. The molecule has 0 spiro atoms. The van der Waals surface area contributed by atoms with Crippen molar-refractivity contribution in [3.63, 3.8) is 0 Å². The summed E-state index contributed by atoms with van der Waals surface area (Å²) in [6.45, 7) is 2.14. The van der Waals surface area contributed by atoms with Crippen LogP contribution in [0.25, 0.3) is 0 Å². The number of carbonyl (C=O) groups is 2. The Labute approximate surface area is 122 Å². The number of rotatable bonds is 5. The molecule has 1 aromatic heterocycles. The predicted octanol–water partition coefficient (Wildman–Crippen LogP) is 1.95. The summed E-state index contributed by atoms with van der Waals surface area (Å²) in [5, 5.41) is 11.7. The summed E-state index contributed by atoms with van der Waals surface area (Å²) in [5.74, 6) is -1.12. The Hall–Kier alpha value is -2.69. The molecule has 0 aliphatic carbocycles. The Morgan fingerprint density at radius 1 is 1.14 bits per heavy atom. The van der Waals surface area contributed by atoms with Crippen LogP contribution in [0.15, 0.2) is 42.6 Å². The molecule has 0 saturated heterocycles. The zero-order valence-corrected chi connectivity index (χ0v) is 11.7. The van der Waals surface area contributed by atoms with Crippen molar-refractivity contribution < 1.29 is 14.7 Å². The quantitative estimate of drug-likeness (QED) is 0.879. The lowest BCUT2D eigenvalue weighted by Gasteiger charge is -2.09. The van der Waals surface area contributed by atoms with E-state index in [2.05, 4.69) is 10.3 Å². The molecular formula is C16H16N2O3. The van der Waals surface area contributed by atoms with Crippen molar-refractivity contribution >= 4 is 11.9 Å². The fraction of sp³-hybridized carbons (Fsp3) is 0.188. The fourth-order valence-electron chi connectivity index (χ4n) is 1.95. The summed E-state index contributed by atoms with van der Waals surface area (Å²) in [4.78, 5) is 26.9. The highest BCUT2D eigenvalue weighted by Crippen LogP contribution is 2.10. The van der Waals surface area contributed by atoms with Gasteiger partial charge in [-0.1, -0.05) is 24.3 Å². The van der Waals surface area contributed by atoms with Gasteiger partial charge in [-0.15, -0.1) is 0 Å². The number of carboxylic acids is 1. The van der Waals surface area contributed by atoms with Gasteiger partial charge in [0.2, 0.25) is 0 Å². The summed E-state index contributed by atoms with van der Waals surface area (Å²) >= 11 is 0. The van der Waals surface area contributed by atoms with Crippen LogP contribution in [0.2, 0.25) is 0 Å². The molecule has 1 heterocycles. The lowest BCUT2D eigenvalue weighted by atomic mass is 10.0. The van der Waals surface area contributed by atoms with Gasteiger partial charge in [0.1, 0.15) is 0 Å². The first-order valence-electron chi connectivity index (χ1n) is 6.55. The van der Waals surface area contributed by atoms with Gasteiger partial charge >= 0.3 is 5.97 Å². The van der Waals surface area contributed by atoms with Crippen LogP contribution in [0.1, 0.15) is 27.2 Å². The summed E-state index contributed by atoms with van der Waals surface area (Å²) < 4.78 is 0. The molecule has 108 valence electrons. The molecule has 2 aromatic rings. The fourth-order valence-corrected chi connectivity index (χ4v) is 1.95. The van der Waals surface area contributed by atoms with Gasteiger partial charge in [-0.2, -0.15) is 0 Å². The van der Waals surface area contributed by atoms with Gasteiger partial charge in [0, 0.05) is 18.4 Å². The molecular weight excluding hydrogens is 268 g/mol. The number of aromatic nitrogens is 1. The van der Waals surface area contributed by atoms with Crippen LogP contribution in [0.4, 0.5) is 0 Å². The van der Waals surface area contributed by atoms with Crippen LogP contribution in [0, 0.1) is 6.92 Å². The van der Waals surface area contributed by atoms with E-state index in [0.717, 1.165) is 11.3 Å². The van der Waals surface area contributed by atoms with E-state index in [9.17, 15) is 9.59 Å². The van der Waals surface area contributed by atoms with Crippen molar-refractivity contribution in [1.82, 2.24) is 10.3 Å². The van der Waals surface area contributed by atoms with E-state index in [1.165, 1.54) is 6.20 Å². The number of carboxylic acid groups (broad SMARTS) is 1. The first kappa shape index (κ1) is 14.7. The van der Waals surface area contributed by atoms with E-state index >= 15 is 0 Å². The first-order chi connectivity index (χ1) is 10.1. The third-order valence-electron chi connectivity index (χ3n) is 3.07. The van der Waals surface area contributed by atoms with E-state index < -0.39 is 5.97 Å². The maximum absolute atomic E-state index is 12.0. The van der Waals surface area contributed by atoms with Crippen LogP contribution in [-0.2, 0) is 17.8 Å². The van der Waals surface area contributed by atoms with Crippen molar-refractivity contribution in [2.24, 2.45) is 0 Å². The summed E-state index contributed by atoms with van der Waals surface area (Å²) in [7, 11) is 0. The number of carbonyl (C=O) groups excluding carboxylic acids is 1. The number of hydrogen-bond donors (Lipinski definition) is 2. The molecule has 0 atom stereocenters. The second-order valence-corrected chi connectivity index (χ2v) is 4.71. The number of amides is 1. The average molecular weight is 284 g/mol. The molecule has 0 unspecified atom stereocenters. The van der Waals surface area contributed by atoms with E-state index in [1.807, 2.05) is 19.1 Å². The summed E-state index contributed by atoms with van der Waals surface area (Å²) in [6.07, 6.45) is 1.46. The number of benzene rings is 1. The van der Waals surface area contributed by atoms with Crippen molar-refractivity contribution in [3.8, 4) is 0 Å². The SMILES string of the molecule is Cc1ccc(C(=O)NCc2ccccc2CC(=O)O)cn1. The highest BCUT2D eigenvalue weighted by atomic mass is 16.4. The third-order valence-corrected chi connectivity index (χ3v) is 3.07. The van der Waals surface area contributed by atoms with Crippen molar-refractivity contribution in [2.45, 2.75) is 19.9 Å². The number of aryl methyl sites for hydroxylation is 1. The second-order valence-electron chi connectivity index (χ2n) is 4.71. The monoisotopic (exact) mass is 284 g/mol. The van der Waals surface area contributed by atoms with Crippen molar-refractivity contribution in [2.75, 3.05) is 0 Å². The van der Waals surface area contributed by atoms with Gasteiger partial charge in [-0.05, 0) is 30.2 Å². The molecule has 1 amide bonds. The predicted molar refractivity (Wildman–Crippen MR) is 77.9 cm³/mol. The molecule has 2 rings (SSSR count). The first-order valence-corrected chi connectivity index (χ1v) is 6.55. The topological polar surface area (TPSA) is 79.3 Å². The Bertz CT molecular complexity index is 651. The minimum absolute atomic E-state index is 0.0574. The van der Waals surface area contributed by atoms with Gasteiger partial charge in [0.05, 0.1) is 12.0 Å². The highest BCUT2D eigenvalue weighted by Gasteiger charge is 2.09. The number of aliphatic carboxylic acids is 1. The molecule has 0 saturated carbocycles. The summed E-state index contributed by atoms with van der Waals surface area (Å²) in [6, 6.07) is 10.6. The zero-order chi connectivity index (χ0) is 15.2. The van der Waals surface area contributed by atoms with Crippen LogP contribution >= 0.6 is 0 Å². The Kier molecular flexibility index (Phi) is 4.66. The minimum atomic E-state index is -0.892. The standard InChI is InChI=1S/C16H16N2O3/c1-11-6-7-14(10-17-11)16(21)18-9-13-5-3-2-4-12(13)8-15(19)20/h2-7,10H,8-9H2,1H3,(H,18,21)(H,19,20). The van der Waals surface area contributed by atoms with Crippen LogP contribution in [-0.4, -0.2) is 22.0 Å². The average Bonchev–Trinajstić information content (AvgIpc) is 2.46. The maximum Gasteiger partial charge on any atom is 0.307 e. The maximum atomic E-state index is 12.0. The largest absolute Gasteiger partial charge is 0.481 e. The Morgan fingerprint density at radius 3 is 2.48 bits per heavy atom. The van der Waals surface area contributed by atoms with Gasteiger partial charge in [0.15, 0.2) is 0 Å². The molecule has 0 aliphatic heterocycles. The van der Waals surface area contributed by atoms with Gasteiger partial charge in [0.25, 0.3) is 5.91 Å². The molecule has 0 aliphatic rings. The molecule has 5 heteroatoms. The smallest absolute Gasteiger partial charge is 0.307 e. The lowest BCUT2D eigenvalue weighted by Crippen LogP contribution is -2.23. The molecule has 0 radical (unpaired) electrons. The lowest BCUT2D eigenvalue weighted by molar-refractivity contribution is -0.136. The Balaban J connectivity index is 2.04. The molecule has 21 heavy (non-hydrogen) atoms. The van der Waals surface area contributed by atoms with E-state index in [4.69, 9.17) is 5.11 Å². The van der Waals surface area contributed by atoms with Crippen LogP contribution in [0.3, 0.4) is 0 Å². The highest BCUT2D eigenvalue weighted by molar-refractivity contribution is 5.93. The molecule has 0 bridgehead atoms. The Morgan fingerprint density at radius 2 is 1.86 bits per heavy atom.